The maximum atomic E-state index is 11.2. The van der Waals surface area contributed by atoms with Crippen molar-refractivity contribution in [2.75, 3.05) is 17.7 Å². The van der Waals surface area contributed by atoms with Crippen LogP contribution in [0.1, 0.15) is 37.6 Å². The van der Waals surface area contributed by atoms with Crippen LogP contribution in [0.3, 0.4) is 0 Å². The van der Waals surface area contributed by atoms with Crippen molar-refractivity contribution in [3.8, 4) is 0 Å². The van der Waals surface area contributed by atoms with Gasteiger partial charge < -0.3 is 16.2 Å². The number of benzene rings is 1. The second-order valence-electron chi connectivity index (χ2n) is 4.56. The number of hydrogen-bond acceptors (Lipinski definition) is 4. The number of nitrogen functional groups attached to an aromatic ring is 1. The molecular formula is C13H20N2O2. The van der Waals surface area contributed by atoms with Crippen LogP contribution in [0.25, 0.3) is 0 Å². The Bertz CT molecular complexity index is 412. The van der Waals surface area contributed by atoms with E-state index in [0.717, 1.165) is 12.1 Å². The van der Waals surface area contributed by atoms with Crippen molar-refractivity contribution in [2.24, 2.45) is 0 Å². The summed E-state index contributed by atoms with van der Waals surface area (Å²) in [6, 6.07) is 5.23. The standard InChI is InChI=1S/C13H20N2O2/c1-4-13(3,8-16)15-10-5-6-11(9(2)17)12(14)7-10/h5-7,15-16H,4,8,14H2,1-3H3. The van der Waals surface area contributed by atoms with Gasteiger partial charge in [0.15, 0.2) is 5.78 Å². The first-order valence-electron chi connectivity index (χ1n) is 5.71. The van der Waals surface area contributed by atoms with Gasteiger partial charge in [0.05, 0.1) is 12.1 Å². The molecule has 0 aliphatic carbocycles. The van der Waals surface area contributed by atoms with Crippen molar-refractivity contribution in [3.63, 3.8) is 0 Å². The van der Waals surface area contributed by atoms with Gasteiger partial charge in [-0.15, -0.1) is 0 Å². The number of aliphatic hydroxyl groups excluding tert-OH is 1. The molecule has 1 atom stereocenters. The van der Waals surface area contributed by atoms with Gasteiger partial charge in [-0.2, -0.15) is 0 Å². The molecule has 0 radical (unpaired) electrons. The second-order valence-corrected chi connectivity index (χ2v) is 4.56. The summed E-state index contributed by atoms with van der Waals surface area (Å²) in [6.07, 6.45) is 0.790. The SMILES string of the molecule is CCC(C)(CO)Nc1ccc(C(C)=O)c(N)c1. The maximum absolute atomic E-state index is 11.2. The zero-order valence-corrected chi connectivity index (χ0v) is 10.6. The lowest BCUT2D eigenvalue weighted by atomic mass is 9.99. The van der Waals surface area contributed by atoms with E-state index >= 15 is 0 Å². The Morgan fingerprint density at radius 1 is 1.53 bits per heavy atom. The van der Waals surface area contributed by atoms with Gasteiger partial charge in [0.25, 0.3) is 0 Å². The van der Waals surface area contributed by atoms with Gasteiger partial charge in [0, 0.05) is 16.9 Å². The smallest absolute Gasteiger partial charge is 0.161 e. The van der Waals surface area contributed by atoms with E-state index in [1.807, 2.05) is 13.8 Å². The third-order valence-corrected chi connectivity index (χ3v) is 3.01. The third-order valence-electron chi connectivity index (χ3n) is 3.01. The molecule has 0 spiro atoms. The fourth-order valence-corrected chi connectivity index (χ4v) is 1.55. The summed E-state index contributed by atoms with van der Waals surface area (Å²) in [5.41, 5.74) is 7.22. The predicted molar refractivity (Wildman–Crippen MR) is 70.3 cm³/mol. The zero-order valence-electron chi connectivity index (χ0n) is 10.6. The van der Waals surface area contributed by atoms with Gasteiger partial charge in [0.1, 0.15) is 0 Å². The Hall–Kier alpha value is -1.55. The fraction of sp³-hybridized carbons (Fsp3) is 0.462. The average Bonchev–Trinajstić information content (AvgIpc) is 2.28. The number of hydrogen-bond donors (Lipinski definition) is 3. The van der Waals surface area contributed by atoms with Gasteiger partial charge in [-0.05, 0) is 38.5 Å². The summed E-state index contributed by atoms with van der Waals surface area (Å²) >= 11 is 0. The van der Waals surface area contributed by atoms with E-state index in [2.05, 4.69) is 5.32 Å². The van der Waals surface area contributed by atoms with Crippen molar-refractivity contribution in [1.82, 2.24) is 0 Å². The molecule has 0 saturated heterocycles. The van der Waals surface area contributed by atoms with Crippen LogP contribution in [-0.4, -0.2) is 23.0 Å². The Morgan fingerprint density at radius 2 is 2.18 bits per heavy atom. The summed E-state index contributed by atoms with van der Waals surface area (Å²) in [5.74, 6) is -0.0468. The first kappa shape index (κ1) is 13.5. The molecule has 0 heterocycles. The Kier molecular flexibility index (Phi) is 4.12. The number of anilines is 2. The molecule has 1 rings (SSSR count). The maximum Gasteiger partial charge on any atom is 0.161 e. The minimum atomic E-state index is -0.371. The number of nitrogens with two attached hydrogens (primary N) is 1. The van der Waals surface area contributed by atoms with Crippen molar-refractivity contribution >= 4 is 17.2 Å². The van der Waals surface area contributed by atoms with Crippen molar-refractivity contribution in [2.45, 2.75) is 32.7 Å². The highest BCUT2D eigenvalue weighted by Crippen LogP contribution is 2.22. The first-order chi connectivity index (χ1) is 7.91. The monoisotopic (exact) mass is 236 g/mol. The van der Waals surface area contributed by atoms with Crippen LogP contribution < -0.4 is 11.1 Å². The number of rotatable bonds is 5. The topological polar surface area (TPSA) is 75.3 Å². The van der Waals surface area contributed by atoms with Crippen molar-refractivity contribution < 1.29 is 9.90 Å². The van der Waals surface area contributed by atoms with Crippen LogP contribution in [0.5, 0.6) is 0 Å². The Labute approximate surface area is 102 Å². The molecule has 0 amide bonds. The highest BCUT2D eigenvalue weighted by atomic mass is 16.3. The Balaban J connectivity index is 2.95. The molecule has 0 aliphatic rings. The Morgan fingerprint density at radius 3 is 2.59 bits per heavy atom. The molecule has 4 N–H and O–H groups in total. The van der Waals surface area contributed by atoms with Crippen LogP contribution in [0.15, 0.2) is 18.2 Å². The average molecular weight is 236 g/mol. The quantitative estimate of drug-likeness (QED) is 0.540. The van der Waals surface area contributed by atoms with E-state index in [0.29, 0.717) is 11.3 Å². The first-order valence-corrected chi connectivity index (χ1v) is 5.71. The molecule has 0 aromatic heterocycles. The number of carbonyl (C=O) groups excluding carboxylic acids is 1. The summed E-state index contributed by atoms with van der Waals surface area (Å²) in [4.78, 5) is 11.2. The van der Waals surface area contributed by atoms with Crippen molar-refractivity contribution in [1.29, 1.82) is 0 Å². The number of carbonyl (C=O) groups is 1. The molecule has 0 aliphatic heterocycles. The highest BCUT2D eigenvalue weighted by Gasteiger charge is 2.20. The van der Waals surface area contributed by atoms with E-state index in [4.69, 9.17) is 5.73 Å². The fourth-order valence-electron chi connectivity index (χ4n) is 1.55. The van der Waals surface area contributed by atoms with Gasteiger partial charge in [-0.1, -0.05) is 6.92 Å². The second kappa shape index (κ2) is 5.19. The van der Waals surface area contributed by atoms with Crippen molar-refractivity contribution in [3.05, 3.63) is 23.8 Å². The van der Waals surface area contributed by atoms with Crippen LogP contribution in [0.4, 0.5) is 11.4 Å². The van der Waals surface area contributed by atoms with Gasteiger partial charge in [-0.3, -0.25) is 4.79 Å². The molecule has 94 valence electrons. The molecule has 4 nitrogen and oxygen atoms in total. The summed E-state index contributed by atoms with van der Waals surface area (Å²) in [6.45, 7) is 5.46. The van der Waals surface area contributed by atoms with Crippen LogP contribution >= 0.6 is 0 Å². The number of nitrogens with one attached hydrogen (secondary N) is 1. The normalized spacial score (nSPS) is 14.1. The molecule has 1 aromatic carbocycles. The van der Waals surface area contributed by atoms with E-state index in [-0.39, 0.29) is 17.9 Å². The third kappa shape index (κ3) is 3.20. The van der Waals surface area contributed by atoms with Crippen LogP contribution in [-0.2, 0) is 0 Å². The summed E-state index contributed by atoms with van der Waals surface area (Å²) in [5, 5.41) is 12.5. The highest BCUT2D eigenvalue weighted by molar-refractivity contribution is 5.99. The van der Waals surface area contributed by atoms with E-state index < -0.39 is 0 Å². The van der Waals surface area contributed by atoms with Crippen LogP contribution in [0.2, 0.25) is 0 Å². The van der Waals surface area contributed by atoms with E-state index in [1.54, 1.807) is 18.2 Å². The summed E-state index contributed by atoms with van der Waals surface area (Å²) in [7, 11) is 0. The lowest BCUT2D eigenvalue weighted by molar-refractivity contribution is 0.101. The minimum Gasteiger partial charge on any atom is -0.398 e. The number of aliphatic hydroxyl groups is 1. The van der Waals surface area contributed by atoms with E-state index in [1.165, 1.54) is 6.92 Å². The van der Waals surface area contributed by atoms with Gasteiger partial charge in [-0.25, -0.2) is 0 Å². The molecule has 0 bridgehead atoms. The van der Waals surface area contributed by atoms with Crippen LogP contribution in [0, 0.1) is 0 Å². The molecule has 1 unspecified atom stereocenters. The molecule has 17 heavy (non-hydrogen) atoms. The van der Waals surface area contributed by atoms with Gasteiger partial charge >= 0.3 is 0 Å². The lowest BCUT2D eigenvalue weighted by Crippen LogP contribution is -2.37. The molecule has 1 aromatic rings. The van der Waals surface area contributed by atoms with Gasteiger partial charge in [0.2, 0.25) is 0 Å². The molecule has 0 saturated carbocycles. The van der Waals surface area contributed by atoms with E-state index in [9.17, 15) is 9.90 Å². The summed E-state index contributed by atoms with van der Waals surface area (Å²) < 4.78 is 0. The molecule has 0 fully saturated rings. The minimum absolute atomic E-state index is 0.0395. The molecular weight excluding hydrogens is 216 g/mol. The predicted octanol–water partition coefficient (Wildman–Crippen LogP) is 2.04. The number of ketones is 1. The largest absolute Gasteiger partial charge is 0.398 e. The molecule has 4 heteroatoms. The zero-order chi connectivity index (χ0) is 13.1. The number of Topliss-reactive ketones (excluding diaryl/α,β-unsaturated/α-hetero) is 1. The lowest BCUT2D eigenvalue weighted by Gasteiger charge is -2.28.